The van der Waals surface area contributed by atoms with Crippen molar-refractivity contribution in [2.45, 2.75) is 43.1 Å². The smallest absolute Gasteiger partial charge is 0.244 e. The number of hydrogen-bond donors (Lipinski definition) is 1. The number of allylic oxidation sites excluding steroid dienone is 3. The number of halogens is 2. The van der Waals surface area contributed by atoms with Crippen LogP contribution in [0.2, 0.25) is 0 Å². The molecule has 0 bridgehead atoms. The number of alkyl halides is 1. The summed E-state index contributed by atoms with van der Waals surface area (Å²) in [6.07, 6.45) is 7.15. The molecule has 0 spiro atoms. The quantitative estimate of drug-likeness (QED) is 0.719. The number of primary amides is 1. The van der Waals surface area contributed by atoms with Gasteiger partial charge in [0.1, 0.15) is 22.5 Å². The fourth-order valence-corrected chi connectivity index (χ4v) is 4.83. The summed E-state index contributed by atoms with van der Waals surface area (Å²) in [5, 5.41) is 10.1. The molecule has 1 fully saturated rings. The summed E-state index contributed by atoms with van der Waals surface area (Å²) in [7, 11) is 0. The van der Waals surface area contributed by atoms with Gasteiger partial charge in [-0.15, -0.1) is 11.6 Å². The number of aromatic nitrogens is 1. The number of nitrogens with zero attached hydrogens (tertiary/aromatic N) is 2. The highest BCUT2D eigenvalue weighted by Gasteiger charge is 2.45. The van der Waals surface area contributed by atoms with E-state index >= 15 is 0 Å². The van der Waals surface area contributed by atoms with Gasteiger partial charge in [0.05, 0.1) is 17.2 Å². The summed E-state index contributed by atoms with van der Waals surface area (Å²) >= 11 is 6.69. The number of rotatable bonds is 4. The number of fused-ring (bicyclic) bond motifs is 1. The van der Waals surface area contributed by atoms with Crippen molar-refractivity contribution in [1.29, 1.82) is 5.26 Å². The molecule has 0 aliphatic heterocycles. The third kappa shape index (κ3) is 3.66. The second-order valence-electron chi connectivity index (χ2n) is 7.82. The Morgan fingerprint density at radius 3 is 2.73 bits per heavy atom. The minimum Gasteiger partial charge on any atom is -0.490 e. The van der Waals surface area contributed by atoms with Gasteiger partial charge in [0.2, 0.25) is 5.91 Å². The number of benzene rings is 1. The molecule has 1 atom stereocenters. The van der Waals surface area contributed by atoms with Crippen LogP contribution < -0.4 is 10.5 Å². The Balaban J connectivity index is 1.47. The molecule has 4 rings (SSSR count). The van der Waals surface area contributed by atoms with Crippen LogP contribution in [0, 0.1) is 17.2 Å². The number of amides is 1. The van der Waals surface area contributed by atoms with Crippen molar-refractivity contribution in [3.05, 3.63) is 59.6 Å². The Morgan fingerprint density at radius 2 is 2.03 bits per heavy atom. The van der Waals surface area contributed by atoms with Crippen LogP contribution in [0.15, 0.2) is 54.0 Å². The fourth-order valence-electron chi connectivity index (χ4n) is 4.40. The largest absolute Gasteiger partial charge is 0.490 e. The Bertz CT molecular complexity index is 1100. The maximum atomic E-state index is 14.6. The number of ether oxygens (including phenoxy) is 1. The minimum absolute atomic E-state index is 0.0420. The summed E-state index contributed by atoms with van der Waals surface area (Å²) in [6.45, 7) is 0. The van der Waals surface area contributed by atoms with Gasteiger partial charge < -0.3 is 10.5 Å². The van der Waals surface area contributed by atoms with Crippen LogP contribution in [0.1, 0.15) is 37.7 Å². The van der Waals surface area contributed by atoms with E-state index in [2.05, 4.69) is 11.1 Å². The lowest BCUT2D eigenvalue weighted by Crippen LogP contribution is -2.40. The molecule has 30 heavy (non-hydrogen) atoms. The highest BCUT2D eigenvalue weighted by molar-refractivity contribution is 6.26. The second-order valence-corrected chi connectivity index (χ2v) is 8.50. The Hall–Kier alpha value is -2.91. The molecule has 2 N–H and O–H groups in total. The molecule has 2 aliphatic rings. The zero-order valence-electron chi connectivity index (χ0n) is 16.3. The van der Waals surface area contributed by atoms with E-state index < -0.39 is 16.6 Å². The lowest BCUT2D eigenvalue weighted by molar-refractivity contribution is -0.114. The van der Waals surface area contributed by atoms with Crippen LogP contribution in [-0.2, 0) is 4.79 Å². The van der Waals surface area contributed by atoms with Crippen molar-refractivity contribution in [2.24, 2.45) is 11.7 Å². The molecule has 1 aromatic carbocycles. The molecule has 1 saturated carbocycles. The zero-order valence-corrected chi connectivity index (χ0v) is 17.0. The van der Waals surface area contributed by atoms with E-state index in [0.717, 1.165) is 5.39 Å². The van der Waals surface area contributed by atoms with Crippen molar-refractivity contribution < 1.29 is 13.9 Å². The van der Waals surface area contributed by atoms with E-state index in [1.165, 1.54) is 12.2 Å². The Kier molecular flexibility index (Phi) is 5.48. The lowest BCUT2D eigenvalue weighted by atomic mass is 9.73. The van der Waals surface area contributed by atoms with Gasteiger partial charge in [0.15, 0.2) is 0 Å². The average molecular weight is 426 g/mol. The summed E-state index contributed by atoms with van der Waals surface area (Å²) in [5.41, 5.74) is 6.84. The molecule has 5 nitrogen and oxygen atoms in total. The molecule has 0 radical (unpaired) electrons. The van der Waals surface area contributed by atoms with Crippen LogP contribution in [0.25, 0.3) is 10.9 Å². The first-order valence-electron chi connectivity index (χ1n) is 9.92. The third-order valence-corrected chi connectivity index (χ3v) is 6.68. The predicted molar refractivity (Wildman–Crippen MR) is 113 cm³/mol. The topological polar surface area (TPSA) is 89.0 Å². The zero-order chi connectivity index (χ0) is 21.3. The standard InChI is InChI=1S/C23H21ClFN3O2/c24-23(12-14(22(27)29)4-9-20(23)25)16-5-7-17(8-6-16)30-19-10-11-28-21-15(13-26)2-1-3-18(19)21/h1-4,9-11,16-17H,5-8,12H2,(H2,27,29). The normalized spacial score (nSPS) is 26.4. The van der Waals surface area contributed by atoms with Crippen molar-refractivity contribution in [3.63, 3.8) is 0 Å². The van der Waals surface area contributed by atoms with Gasteiger partial charge in [-0.05, 0) is 55.9 Å². The minimum atomic E-state index is -1.23. The number of carbonyl (C=O) groups is 1. The van der Waals surface area contributed by atoms with Crippen LogP contribution in [0.3, 0.4) is 0 Å². The van der Waals surface area contributed by atoms with Gasteiger partial charge >= 0.3 is 0 Å². The molecule has 154 valence electrons. The van der Waals surface area contributed by atoms with Gasteiger partial charge in [0, 0.05) is 23.6 Å². The van der Waals surface area contributed by atoms with Crippen molar-refractivity contribution in [1.82, 2.24) is 4.98 Å². The molecule has 7 heteroatoms. The molecular formula is C23H21ClFN3O2. The first-order chi connectivity index (χ1) is 14.4. The first kappa shape index (κ1) is 20.4. The highest BCUT2D eigenvalue weighted by Crippen LogP contribution is 2.48. The maximum Gasteiger partial charge on any atom is 0.244 e. The SMILES string of the molecule is N#Cc1cccc2c(OC3CCC(C4(Cl)CC(C(N)=O)=CC=C4F)CC3)ccnc12. The van der Waals surface area contributed by atoms with E-state index in [0.29, 0.717) is 48.1 Å². The monoisotopic (exact) mass is 425 g/mol. The van der Waals surface area contributed by atoms with Crippen molar-refractivity contribution in [3.8, 4) is 11.8 Å². The average Bonchev–Trinajstić information content (AvgIpc) is 2.76. The Labute approximate surface area is 179 Å². The first-order valence-corrected chi connectivity index (χ1v) is 10.3. The summed E-state index contributed by atoms with van der Waals surface area (Å²) in [6, 6.07) is 9.37. The highest BCUT2D eigenvalue weighted by atomic mass is 35.5. The molecular weight excluding hydrogens is 405 g/mol. The molecule has 1 amide bonds. The number of nitriles is 1. The number of pyridine rings is 1. The Morgan fingerprint density at radius 1 is 1.27 bits per heavy atom. The van der Waals surface area contributed by atoms with Crippen LogP contribution in [0.5, 0.6) is 5.75 Å². The van der Waals surface area contributed by atoms with E-state index in [1.54, 1.807) is 18.3 Å². The summed E-state index contributed by atoms with van der Waals surface area (Å²) < 4.78 is 20.8. The van der Waals surface area contributed by atoms with Gasteiger partial charge in [-0.3, -0.25) is 9.78 Å². The van der Waals surface area contributed by atoms with Gasteiger partial charge in [-0.2, -0.15) is 5.26 Å². The molecule has 1 aromatic heterocycles. The van der Waals surface area contributed by atoms with Crippen molar-refractivity contribution >= 4 is 28.4 Å². The summed E-state index contributed by atoms with van der Waals surface area (Å²) in [4.78, 5) is 14.6. The number of hydrogen-bond acceptors (Lipinski definition) is 4. The van der Waals surface area contributed by atoms with E-state index in [1.807, 2.05) is 12.1 Å². The molecule has 1 heterocycles. The number of carbonyl (C=O) groups excluding carboxylic acids is 1. The molecule has 1 unspecified atom stereocenters. The predicted octanol–water partition coefficient (Wildman–Crippen LogP) is 4.69. The van der Waals surface area contributed by atoms with E-state index in [-0.39, 0.29) is 18.4 Å². The summed E-state index contributed by atoms with van der Waals surface area (Å²) in [5.74, 6) is -0.411. The lowest BCUT2D eigenvalue weighted by Gasteiger charge is -2.40. The second kappa shape index (κ2) is 8.08. The molecule has 0 saturated heterocycles. The van der Waals surface area contributed by atoms with Gasteiger partial charge in [-0.1, -0.05) is 12.1 Å². The van der Waals surface area contributed by atoms with E-state index in [9.17, 15) is 14.4 Å². The van der Waals surface area contributed by atoms with Crippen LogP contribution >= 0.6 is 11.6 Å². The molecule has 2 aliphatic carbocycles. The number of para-hydroxylation sites is 1. The number of nitrogens with two attached hydrogens (primary N) is 1. The van der Waals surface area contributed by atoms with Gasteiger partial charge in [-0.25, -0.2) is 4.39 Å². The maximum absolute atomic E-state index is 14.6. The fraction of sp³-hybridized carbons (Fsp3) is 0.348. The van der Waals surface area contributed by atoms with Crippen LogP contribution in [0.4, 0.5) is 4.39 Å². The van der Waals surface area contributed by atoms with Crippen LogP contribution in [-0.4, -0.2) is 21.9 Å². The van der Waals surface area contributed by atoms with Gasteiger partial charge in [0.25, 0.3) is 0 Å². The van der Waals surface area contributed by atoms with Crippen molar-refractivity contribution in [2.75, 3.05) is 0 Å². The van der Waals surface area contributed by atoms with E-state index in [4.69, 9.17) is 22.1 Å². The molecule has 2 aromatic rings. The third-order valence-electron chi connectivity index (χ3n) is 6.06.